The summed E-state index contributed by atoms with van der Waals surface area (Å²) < 4.78 is 0. The van der Waals surface area contributed by atoms with Crippen molar-refractivity contribution in [3.05, 3.63) is 24.3 Å². The van der Waals surface area contributed by atoms with E-state index in [0.717, 1.165) is 23.5 Å². The molecule has 0 saturated heterocycles. The van der Waals surface area contributed by atoms with E-state index < -0.39 is 0 Å². The van der Waals surface area contributed by atoms with Crippen LogP contribution in [0.2, 0.25) is 0 Å². The van der Waals surface area contributed by atoms with Crippen molar-refractivity contribution >= 4 is 41.6 Å². The molecule has 0 aliphatic carbocycles. The Morgan fingerprint density at radius 3 is 2.28 bits per heavy atom. The van der Waals surface area contributed by atoms with E-state index in [1.807, 2.05) is 30.1 Å². The Balaban J connectivity index is 3.11. The van der Waals surface area contributed by atoms with Crippen molar-refractivity contribution in [2.24, 2.45) is 0 Å². The van der Waals surface area contributed by atoms with Crippen LogP contribution in [0.25, 0.3) is 0 Å². The van der Waals surface area contributed by atoms with Crippen LogP contribution in [0.15, 0.2) is 29.2 Å². The van der Waals surface area contributed by atoms with Crippen LogP contribution in [0.3, 0.4) is 0 Å². The van der Waals surface area contributed by atoms with Crippen LogP contribution in [0, 0.1) is 0 Å². The van der Waals surface area contributed by atoms with E-state index >= 15 is 0 Å². The molecule has 0 aliphatic heterocycles. The normalized spacial score (nSPS) is 10.4. The minimum atomic E-state index is -0.0314. The number of thiol groups is 1. The second-order valence-corrected chi connectivity index (χ2v) is 6.78. The van der Waals surface area contributed by atoms with Crippen molar-refractivity contribution in [2.45, 2.75) is 58.3 Å². The third-order valence-electron chi connectivity index (χ3n) is 4.12. The Morgan fingerprint density at radius 1 is 1.08 bits per heavy atom. The van der Waals surface area contributed by atoms with Crippen molar-refractivity contribution in [3.63, 3.8) is 0 Å². The van der Waals surface area contributed by atoms with Crippen LogP contribution < -0.4 is 5.01 Å². The molecule has 0 heterocycles. The number of carbonyl (C=O) groups is 1. The number of thiocarbonyl (C=S) groups is 1. The molecule has 1 aromatic carbocycles. The summed E-state index contributed by atoms with van der Waals surface area (Å²) in [5.41, 5.74) is 1.02. The molecule has 6 heteroatoms. The van der Waals surface area contributed by atoms with Gasteiger partial charge in [-0.15, -0.1) is 12.6 Å². The summed E-state index contributed by atoms with van der Waals surface area (Å²) in [6.45, 7) is 9.87. The molecule has 0 saturated carbocycles. The van der Waals surface area contributed by atoms with Crippen molar-refractivity contribution in [1.29, 1.82) is 0 Å². The molecule has 4 nitrogen and oxygen atoms in total. The molecule has 0 aliphatic rings. The molecule has 25 heavy (non-hydrogen) atoms. The predicted molar refractivity (Wildman–Crippen MR) is 113 cm³/mol. The van der Waals surface area contributed by atoms with Crippen molar-refractivity contribution in [2.75, 3.05) is 24.6 Å². The Labute approximate surface area is 163 Å². The lowest BCUT2D eigenvalue weighted by atomic mass is 10.2. The minimum Gasteiger partial charge on any atom is -0.288 e. The number of amides is 1. The van der Waals surface area contributed by atoms with Crippen molar-refractivity contribution in [1.82, 2.24) is 9.91 Å². The van der Waals surface area contributed by atoms with E-state index in [0.29, 0.717) is 18.2 Å². The fraction of sp³-hybridized carbons (Fsp3) is 0.579. The Kier molecular flexibility index (Phi) is 9.90. The third kappa shape index (κ3) is 6.19. The Bertz CT molecular complexity index is 565. The highest BCUT2D eigenvalue weighted by atomic mass is 32.1. The minimum absolute atomic E-state index is 0.0314. The number of carbonyl (C=O) groups excluding carboxylic acids is 1. The summed E-state index contributed by atoms with van der Waals surface area (Å²) in [6, 6.07) is 8.02. The molecule has 0 spiro atoms. The van der Waals surface area contributed by atoms with Gasteiger partial charge in [0.2, 0.25) is 5.91 Å². The number of nitrogens with zero attached hydrogens (tertiary/aromatic N) is 3. The van der Waals surface area contributed by atoms with Gasteiger partial charge in [-0.1, -0.05) is 38.3 Å². The lowest BCUT2D eigenvalue weighted by molar-refractivity contribution is -0.125. The number of anilines is 1. The van der Waals surface area contributed by atoms with E-state index in [-0.39, 0.29) is 5.91 Å². The monoisotopic (exact) mass is 381 g/mol. The maximum Gasteiger partial charge on any atom is 0.225 e. The largest absolute Gasteiger partial charge is 0.288 e. The highest BCUT2D eigenvalue weighted by Gasteiger charge is 2.24. The van der Waals surface area contributed by atoms with Gasteiger partial charge in [-0.2, -0.15) is 0 Å². The van der Waals surface area contributed by atoms with Gasteiger partial charge in [0.25, 0.3) is 0 Å². The zero-order valence-electron chi connectivity index (χ0n) is 15.9. The fourth-order valence-electron chi connectivity index (χ4n) is 2.78. The number of rotatable bonds is 9. The molecular weight excluding hydrogens is 350 g/mol. The lowest BCUT2D eigenvalue weighted by Gasteiger charge is -2.40. The van der Waals surface area contributed by atoms with E-state index in [9.17, 15) is 4.79 Å². The first-order valence-corrected chi connectivity index (χ1v) is 9.98. The van der Waals surface area contributed by atoms with Gasteiger partial charge in [-0.25, -0.2) is 0 Å². The SMILES string of the molecule is CCCCCCN(c1ccccc1S)N(CC)C(=S)N(CC)C(C)=O. The zero-order chi connectivity index (χ0) is 18.8. The number of hydrogen-bond acceptors (Lipinski definition) is 4. The van der Waals surface area contributed by atoms with Crippen molar-refractivity contribution in [3.8, 4) is 0 Å². The van der Waals surface area contributed by atoms with Gasteiger partial charge in [-0.05, 0) is 44.6 Å². The maximum atomic E-state index is 11.9. The summed E-state index contributed by atoms with van der Waals surface area (Å²) >= 11 is 10.3. The van der Waals surface area contributed by atoms with Crippen LogP contribution in [0.4, 0.5) is 5.69 Å². The molecule has 0 radical (unpaired) electrons. The summed E-state index contributed by atoms with van der Waals surface area (Å²) in [5.74, 6) is -0.0314. The smallest absolute Gasteiger partial charge is 0.225 e. The first kappa shape index (κ1) is 21.8. The molecule has 140 valence electrons. The quantitative estimate of drug-likeness (QED) is 0.289. The molecule has 0 fully saturated rings. The van der Waals surface area contributed by atoms with Gasteiger partial charge in [0, 0.05) is 31.5 Å². The van der Waals surface area contributed by atoms with Crippen LogP contribution in [-0.2, 0) is 4.79 Å². The predicted octanol–water partition coefficient (Wildman–Crippen LogP) is 4.75. The Hall–Kier alpha value is -1.27. The first-order valence-electron chi connectivity index (χ1n) is 9.12. The summed E-state index contributed by atoms with van der Waals surface area (Å²) in [4.78, 5) is 14.5. The molecule has 0 atom stereocenters. The molecule has 1 aromatic rings. The van der Waals surface area contributed by atoms with Crippen LogP contribution in [-0.4, -0.2) is 40.6 Å². The highest BCUT2D eigenvalue weighted by Crippen LogP contribution is 2.26. The summed E-state index contributed by atoms with van der Waals surface area (Å²) in [7, 11) is 0. The maximum absolute atomic E-state index is 11.9. The number of unbranched alkanes of at least 4 members (excludes halogenated alkanes) is 3. The average Bonchev–Trinajstić information content (AvgIpc) is 2.58. The van der Waals surface area contributed by atoms with E-state index in [1.54, 1.807) is 11.8 Å². The summed E-state index contributed by atoms with van der Waals surface area (Å²) in [5, 5.41) is 4.73. The number of hydrogen-bond donors (Lipinski definition) is 1. The van der Waals surface area contributed by atoms with E-state index in [2.05, 4.69) is 37.6 Å². The van der Waals surface area contributed by atoms with Gasteiger partial charge in [0.15, 0.2) is 5.11 Å². The topological polar surface area (TPSA) is 26.8 Å². The van der Waals surface area contributed by atoms with Gasteiger partial charge < -0.3 is 0 Å². The standard InChI is InChI=1S/C19H31N3OS2/c1-5-8-9-12-15-22(17-13-10-11-14-18(17)24)21(7-3)19(25)20(6-2)16(4)23/h10-11,13-14,24H,5-9,12,15H2,1-4H3. The third-order valence-corrected chi connectivity index (χ3v) is 4.93. The molecule has 1 rings (SSSR count). The second kappa shape index (κ2) is 11.4. The molecule has 0 unspecified atom stereocenters. The second-order valence-electron chi connectivity index (χ2n) is 5.93. The Morgan fingerprint density at radius 2 is 1.76 bits per heavy atom. The van der Waals surface area contributed by atoms with Gasteiger partial charge in [-0.3, -0.25) is 19.7 Å². The lowest BCUT2D eigenvalue weighted by Crippen LogP contribution is -2.53. The zero-order valence-corrected chi connectivity index (χ0v) is 17.6. The van der Waals surface area contributed by atoms with E-state index in [1.165, 1.54) is 19.3 Å². The van der Waals surface area contributed by atoms with Gasteiger partial charge in [0.1, 0.15) is 0 Å². The first-order chi connectivity index (χ1) is 12.0. The van der Waals surface area contributed by atoms with Crippen LogP contribution in [0.5, 0.6) is 0 Å². The van der Waals surface area contributed by atoms with Gasteiger partial charge in [0.05, 0.1) is 5.69 Å². The number of benzene rings is 1. The molecule has 0 N–H and O–H groups in total. The average molecular weight is 382 g/mol. The molecular formula is C19H31N3OS2. The van der Waals surface area contributed by atoms with E-state index in [4.69, 9.17) is 12.2 Å². The number of hydrazine groups is 1. The number of para-hydroxylation sites is 1. The molecule has 1 amide bonds. The summed E-state index contributed by atoms with van der Waals surface area (Å²) in [6.07, 6.45) is 4.67. The van der Waals surface area contributed by atoms with Crippen LogP contribution in [0.1, 0.15) is 53.4 Å². The molecule has 0 bridgehead atoms. The van der Waals surface area contributed by atoms with Crippen molar-refractivity contribution < 1.29 is 4.79 Å². The van der Waals surface area contributed by atoms with Crippen LogP contribution >= 0.6 is 24.8 Å². The highest BCUT2D eigenvalue weighted by molar-refractivity contribution is 7.80. The fourth-order valence-corrected chi connectivity index (χ4v) is 3.54. The molecule has 0 aromatic heterocycles. The van der Waals surface area contributed by atoms with Gasteiger partial charge >= 0.3 is 0 Å².